The lowest BCUT2D eigenvalue weighted by Crippen LogP contribution is -2.42. The van der Waals surface area contributed by atoms with Gasteiger partial charge in [-0.25, -0.2) is 4.98 Å². The molecule has 1 N–H and O–H groups in total. The average Bonchev–Trinajstić information content (AvgIpc) is 3.06. The number of imidazole rings is 1. The molecule has 0 radical (unpaired) electrons. The number of hydrogen-bond acceptors (Lipinski definition) is 3. The zero-order valence-electron chi connectivity index (χ0n) is 12.8. The molecule has 0 aromatic carbocycles. The van der Waals surface area contributed by atoms with Gasteiger partial charge in [-0.15, -0.1) is 0 Å². The van der Waals surface area contributed by atoms with Crippen molar-refractivity contribution >= 4 is 0 Å². The summed E-state index contributed by atoms with van der Waals surface area (Å²) in [6.07, 6.45) is 13.9. The Labute approximate surface area is 127 Å². The van der Waals surface area contributed by atoms with Crippen LogP contribution in [0.3, 0.4) is 0 Å². The smallest absolute Gasteiger partial charge is 0.0951 e. The lowest BCUT2D eigenvalue weighted by atomic mass is 9.80. The Hall–Kier alpha value is -0.870. The van der Waals surface area contributed by atoms with Gasteiger partial charge in [0.05, 0.1) is 18.1 Å². The fraction of sp³-hybridized carbons (Fsp3) is 0.824. The summed E-state index contributed by atoms with van der Waals surface area (Å²) in [6.45, 7) is 2.20. The fourth-order valence-corrected chi connectivity index (χ4v) is 4.47. The highest BCUT2D eigenvalue weighted by atomic mass is 16.3. The molecule has 116 valence electrons. The summed E-state index contributed by atoms with van der Waals surface area (Å²) < 4.78 is 2.38. The molecular formula is C17H27N3O. The molecule has 1 aliphatic heterocycles. The van der Waals surface area contributed by atoms with Crippen molar-refractivity contribution in [1.82, 2.24) is 14.5 Å². The van der Waals surface area contributed by atoms with E-state index in [2.05, 4.69) is 14.5 Å². The van der Waals surface area contributed by atoms with E-state index in [1.807, 2.05) is 12.5 Å². The lowest BCUT2D eigenvalue weighted by molar-refractivity contribution is 0.0196. The van der Waals surface area contributed by atoms with Crippen LogP contribution < -0.4 is 0 Å². The van der Waals surface area contributed by atoms with Gasteiger partial charge in [-0.2, -0.15) is 0 Å². The van der Waals surface area contributed by atoms with E-state index in [0.29, 0.717) is 18.0 Å². The standard InChI is InChI=1S/C17H27N3O/c21-17-6-2-1-4-15(17)16-5-3-9-19(16)11-14-10-18-12-20(14)13-7-8-13/h10,12-13,15-17,21H,1-9,11H2. The third kappa shape index (κ3) is 2.76. The highest BCUT2D eigenvalue weighted by molar-refractivity contribution is 5.05. The first-order valence-corrected chi connectivity index (χ1v) is 8.76. The molecule has 1 aromatic rings. The molecule has 3 unspecified atom stereocenters. The van der Waals surface area contributed by atoms with Crippen LogP contribution in [0, 0.1) is 5.92 Å². The summed E-state index contributed by atoms with van der Waals surface area (Å²) in [5.41, 5.74) is 1.37. The molecule has 2 aliphatic carbocycles. The summed E-state index contributed by atoms with van der Waals surface area (Å²) in [7, 11) is 0. The Bertz CT molecular complexity index is 482. The van der Waals surface area contributed by atoms with Crippen molar-refractivity contribution < 1.29 is 5.11 Å². The highest BCUT2D eigenvalue weighted by Gasteiger charge is 2.37. The second-order valence-electron chi connectivity index (χ2n) is 7.22. The van der Waals surface area contributed by atoms with Crippen LogP contribution in [0.5, 0.6) is 0 Å². The molecule has 2 saturated carbocycles. The normalized spacial score (nSPS) is 34.4. The number of aromatic nitrogens is 2. The van der Waals surface area contributed by atoms with Crippen molar-refractivity contribution in [1.29, 1.82) is 0 Å². The molecule has 4 heteroatoms. The van der Waals surface area contributed by atoms with Crippen LogP contribution in [0.25, 0.3) is 0 Å². The summed E-state index contributed by atoms with van der Waals surface area (Å²) >= 11 is 0. The molecule has 3 aliphatic rings. The molecule has 0 bridgehead atoms. The van der Waals surface area contributed by atoms with Crippen molar-refractivity contribution in [3.05, 3.63) is 18.2 Å². The summed E-state index contributed by atoms with van der Waals surface area (Å²) in [5, 5.41) is 10.4. The fourth-order valence-electron chi connectivity index (χ4n) is 4.47. The largest absolute Gasteiger partial charge is 0.393 e. The number of likely N-dealkylation sites (tertiary alicyclic amines) is 1. The average molecular weight is 289 g/mol. The van der Waals surface area contributed by atoms with Gasteiger partial charge in [0.25, 0.3) is 0 Å². The lowest BCUT2D eigenvalue weighted by Gasteiger charge is -2.37. The van der Waals surface area contributed by atoms with Crippen LogP contribution in [0.4, 0.5) is 0 Å². The van der Waals surface area contributed by atoms with Gasteiger partial charge in [0, 0.05) is 30.7 Å². The first-order valence-electron chi connectivity index (χ1n) is 8.76. The number of hydrogen-bond donors (Lipinski definition) is 1. The van der Waals surface area contributed by atoms with Gasteiger partial charge < -0.3 is 9.67 Å². The molecule has 4 nitrogen and oxygen atoms in total. The monoisotopic (exact) mass is 289 g/mol. The first kappa shape index (κ1) is 13.8. The van der Waals surface area contributed by atoms with Gasteiger partial charge in [0.15, 0.2) is 0 Å². The van der Waals surface area contributed by atoms with E-state index in [4.69, 9.17) is 0 Å². The SMILES string of the molecule is OC1CCCCC1C1CCCN1Cc1cncn1C1CC1. The number of aliphatic hydroxyl groups is 1. The van der Waals surface area contributed by atoms with Gasteiger partial charge >= 0.3 is 0 Å². The van der Waals surface area contributed by atoms with E-state index in [1.54, 1.807) is 0 Å². The summed E-state index contributed by atoms with van der Waals surface area (Å²) in [4.78, 5) is 6.98. The number of nitrogens with zero attached hydrogens (tertiary/aromatic N) is 3. The van der Waals surface area contributed by atoms with Crippen LogP contribution in [-0.2, 0) is 6.54 Å². The van der Waals surface area contributed by atoms with E-state index < -0.39 is 0 Å². The topological polar surface area (TPSA) is 41.3 Å². The Morgan fingerprint density at radius 3 is 2.76 bits per heavy atom. The molecule has 21 heavy (non-hydrogen) atoms. The molecule has 0 amide bonds. The zero-order chi connectivity index (χ0) is 14.2. The Morgan fingerprint density at radius 1 is 1.10 bits per heavy atom. The minimum atomic E-state index is -0.0716. The number of aliphatic hydroxyl groups excluding tert-OH is 1. The maximum absolute atomic E-state index is 10.4. The predicted molar refractivity (Wildman–Crippen MR) is 81.9 cm³/mol. The quantitative estimate of drug-likeness (QED) is 0.926. The second kappa shape index (κ2) is 5.73. The molecule has 0 spiro atoms. The maximum Gasteiger partial charge on any atom is 0.0951 e. The zero-order valence-corrected chi connectivity index (χ0v) is 12.8. The van der Waals surface area contributed by atoms with Crippen molar-refractivity contribution in [2.45, 2.75) is 76.1 Å². The van der Waals surface area contributed by atoms with E-state index in [-0.39, 0.29) is 6.10 Å². The van der Waals surface area contributed by atoms with Gasteiger partial charge in [0.2, 0.25) is 0 Å². The van der Waals surface area contributed by atoms with Crippen LogP contribution >= 0.6 is 0 Å². The second-order valence-corrected chi connectivity index (χ2v) is 7.22. The third-order valence-corrected chi connectivity index (χ3v) is 5.74. The van der Waals surface area contributed by atoms with Gasteiger partial charge in [-0.1, -0.05) is 12.8 Å². The molecule has 3 fully saturated rings. The minimum absolute atomic E-state index is 0.0716. The van der Waals surface area contributed by atoms with E-state index in [9.17, 15) is 5.11 Å². The number of rotatable bonds is 4. The Balaban J connectivity index is 1.47. The van der Waals surface area contributed by atoms with Gasteiger partial charge in [-0.3, -0.25) is 4.90 Å². The highest BCUT2D eigenvalue weighted by Crippen LogP contribution is 2.38. The Kier molecular flexibility index (Phi) is 3.76. The van der Waals surface area contributed by atoms with Crippen molar-refractivity contribution in [3.63, 3.8) is 0 Å². The molecule has 1 aromatic heterocycles. The molecule has 4 rings (SSSR count). The molecular weight excluding hydrogens is 262 g/mol. The third-order valence-electron chi connectivity index (χ3n) is 5.74. The van der Waals surface area contributed by atoms with E-state index in [1.165, 1.54) is 57.2 Å². The first-order chi connectivity index (χ1) is 10.3. The van der Waals surface area contributed by atoms with E-state index >= 15 is 0 Å². The summed E-state index contributed by atoms with van der Waals surface area (Å²) in [6, 6.07) is 1.30. The van der Waals surface area contributed by atoms with Crippen LogP contribution in [-0.4, -0.2) is 38.2 Å². The Morgan fingerprint density at radius 2 is 1.95 bits per heavy atom. The van der Waals surface area contributed by atoms with Crippen molar-refractivity contribution in [2.75, 3.05) is 6.54 Å². The van der Waals surface area contributed by atoms with Crippen molar-refractivity contribution in [2.24, 2.45) is 5.92 Å². The maximum atomic E-state index is 10.4. The van der Waals surface area contributed by atoms with Crippen molar-refractivity contribution in [3.8, 4) is 0 Å². The molecule has 2 heterocycles. The predicted octanol–water partition coefficient (Wildman–Crippen LogP) is 2.73. The van der Waals surface area contributed by atoms with Gasteiger partial charge in [-0.05, 0) is 45.1 Å². The van der Waals surface area contributed by atoms with Crippen LogP contribution in [0.15, 0.2) is 12.5 Å². The van der Waals surface area contributed by atoms with Crippen LogP contribution in [0.2, 0.25) is 0 Å². The minimum Gasteiger partial charge on any atom is -0.393 e. The van der Waals surface area contributed by atoms with Gasteiger partial charge in [0.1, 0.15) is 0 Å². The molecule has 1 saturated heterocycles. The summed E-state index contributed by atoms with van der Waals surface area (Å²) in [5.74, 6) is 0.499. The molecule has 3 atom stereocenters. The van der Waals surface area contributed by atoms with E-state index in [0.717, 1.165) is 13.0 Å². The van der Waals surface area contributed by atoms with Crippen LogP contribution in [0.1, 0.15) is 63.1 Å².